The van der Waals surface area contributed by atoms with E-state index in [9.17, 15) is 4.79 Å². The number of rotatable bonds is 4. The molecule has 0 bridgehead atoms. The lowest BCUT2D eigenvalue weighted by Crippen LogP contribution is -2.50. The number of nitrogens with zero attached hydrogens (tertiary/aromatic N) is 1. The lowest BCUT2D eigenvalue weighted by Gasteiger charge is -2.35. The number of hydrogen-bond donors (Lipinski definition) is 2. The first-order valence-corrected chi connectivity index (χ1v) is 10.6. The molecule has 0 radical (unpaired) electrons. The molecule has 4 rings (SSSR count). The molecule has 1 aromatic carbocycles. The molecule has 2 aliphatic heterocycles. The highest BCUT2D eigenvalue weighted by Crippen LogP contribution is 2.31. The minimum Gasteiger partial charge on any atom is -0.371 e. The quantitative estimate of drug-likeness (QED) is 0.712. The second-order valence-corrected chi connectivity index (χ2v) is 8.78. The third-order valence-corrected chi connectivity index (χ3v) is 6.72. The fourth-order valence-corrected chi connectivity index (χ4v) is 4.99. The van der Waals surface area contributed by atoms with Gasteiger partial charge >= 0.3 is 0 Å². The van der Waals surface area contributed by atoms with Crippen LogP contribution in [0.1, 0.15) is 50.2 Å². The molecule has 1 amide bonds. The van der Waals surface area contributed by atoms with Gasteiger partial charge in [-0.25, -0.2) is 0 Å². The SMILES string of the molecule is Cl.Cl.N[C@H](C(=O)N[C@@H]1C[C@H]2CO[C@@H](c3ccc(Cl)cc3)CN2C1)C1CCCCC1. The Labute approximate surface area is 190 Å². The fourth-order valence-electron chi connectivity index (χ4n) is 4.86. The molecule has 0 unspecified atom stereocenters. The molecule has 4 atom stereocenters. The molecule has 2 saturated heterocycles. The summed E-state index contributed by atoms with van der Waals surface area (Å²) >= 11 is 5.99. The summed E-state index contributed by atoms with van der Waals surface area (Å²) in [5, 5.41) is 3.96. The first-order chi connectivity index (χ1) is 13.1. The van der Waals surface area contributed by atoms with Crippen LogP contribution in [0.5, 0.6) is 0 Å². The number of ether oxygens (including phenoxy) is 1. The Bertz CT molecular complexity index is 655. The number of carbonyl (C=O) groups is 1. The molecule has 5 nitrogen and oxygen atoms in total. The number of carbonyl (C=O) groups excluding carboxylic acids is 1. The second-order valence-electron chi connectivity index (χ2n) is 8.35. The van der Waals surface area contributed by atoms with E-state index >= 15 is 0 Å². The summed E-state index contributed by atoms with van der Waals surface area (Å²) in [7, 11) is 0. The largest absolute Gasteiger partial charge is 0.371 e. The van der Waals surface area contributed by atoms with Crippen molar-refractivity contribution in [3.05, 3.63) is 34.9 Å². The zero-order valence-corrected chi connectivity index (χ0v) is 19.0. The predicted octanol–water partition coefficient (Wildman–Crippen LogP) is 3.72. The maximum absolute atomic E-state index is 12.6. The van der Waals surface area contributed by atoms with Crippen molar-refractivity contribution in [1.82, 2.24) is 10.2 Å². The van der Waals surface area contributed by atoms with Crippen LogP contribution < -0.4 is 11.1 Å². The third-order valence-electron chi connectivity index (χ3n) is 6.47. The standard InChI is InChI=1S/C21H30ClN3O2.2ClH/c22-16-8-6-14(7-9-16)19-12-25-11-17(10-18(25)13-27-19)24-21(26)20(23)15-4-2-1-3-5-15;;/h6-9,15,17-20H,1-5,10-13,23H2,(H,24,26);2*1H/t17-,18+,19-,20+;;/m1../s1. The minimum absolute atomic E-state index is 0. The van der Waals surface area contributed by atoms with E-state index in [4.69, 9.17) is 22.1 Å². The molecular formula is C21H32Cl3N3O2. The van der Waals surface area contributed by atoms with E-state index in [0.717, 1.165) is 42.9 Å². The van der Waals surface area contributed by atoms with Crippen molar-refractivity contribution < 1.29 is 9.53 Å². The van der Waals surface area contributed by atoms with E-state index in [1.807, 2.05) is 24.3 Å². The van der Waals surface area contributed by atoms with Gasteiger partial charge in [0.05, 0.1) is 18.8 Å². The van der Waals surface area contributed by atoms with Gasteiger partial charge in [-0.15, -0.1) is 24.8 Å². The van der Waals surface area contributed by atoms with Gasteiger partial charge in [-0.2, -0.15) is 0 Å². The first-order valence-electron chi connectivity index (χ1n) is 10.3. The number of nitrogens with two attached hydrogens (primary N) is 1. The van der Waals surface area contributed by atoms with Gasteiger partial charge in [-0.1, -0.05) is 43.0 Å². The van der Waals surface area contributed by atoms with Crippen LogP contribution in [-0.4, -0.2) is 48.6 Å². The molecule has 3 N–H and O–H groups in total. The maximum Gasteiger partial charge on any atom is 0.237 e. The van der Waals surface area contributed by atoms with Crippen molar-refractivity contribution in [1.29, 1.82) is 0 Å². The first kappa shape index (κ1) is 24.7. The lowest BCUT2D eigenvalue weighted by molar-refractivity contribution is -0.124. The molecule has 0 spiro atoms. The number of nitrogens with one attached hydrogen (secondary N) is 1. The average Bonchev–Trinajstić information content (AvgIpc) is 3.10. The van der Waals surface area contributed by atoms with Gasteiger partial charge in [-0.05, 0) is 42.9 Å². The number of amides is 1. The summed E-state index contributed by atoms with van der Waals surface area (Å²) in [6.45, 7) is 2.43. The Morgan fingerprint density at radius 1 is 1.14 bits per heavy atom. The highest BCUT2D eigenvalue weighted by molar-refractivity contribution is 6.30. The van der Waals surface area contributed by atoms with Gasteiger partial charge in [0.1, 0.15) is 0 Å². The van der Waals surface area contributed by atoms with Crippen LogP contribution in [0.25, 0.3) is 0 Å². The molecule has 2 heterocycles. The number of benzene rings is 1. The summed E-state index contributed by atoms with van der Waals surface area (Å²) in [4.78, 5) is 15.1. The van der Waals surface area contributed by atoms with Gasteiger partial charge in [0, 0.05) is 30.2 Å². The molecule has 164 valence electrons. The van der Waals surface area contributed by atoms with E-state index < -0.39 is 0 Å². The molecule has 3 aliphatic rings. The lowest BCUT2D eigenvalue weighted by atomic mass is 9.84. The molecular weight excluding hydrogens is 433 g/mol. The van der Waals surface area contributed by atoms with E-state index in [2.05, 4.69) is 10.2 Å². The zero-order valence-electron chi connectivity index (χ0n) is 16.6. The van der Waals surface area contributed by atoms with Crippen molar-refractivity contribution in [3.63, 3.8) is 0 Å². The average molecular weight is 465 g/mol. The number of hydrogen-bond acceptors (Lipinski definition) is 4. The smallest absolute Gasteiger partial charge is 0.237 e. The van der Waals surface area contributed by atoms with Crippen molar-refractivity contribution in [2.45, 2.75) is 62.8 Å². The fraction of sp³-hybridized carbons (Fsp3) is 0.667. The Hall–Kier alpha value is -0.560. The molecule has 1 saturated carbocycles. The summed E-state index contributed by atoms with van der Waals surface area (Å²) in [6, 6.07) is 8.07. The van der Waals surface area contributed by atoms with Crippen molar-refractivity contribution in [2.24, 2.45) is 11.7 Å². The van der Waals surface area contributed by atoms with E-state index in [-0.39, 0.29) is 48.9 Å². The molecule has 1 aromatic rings. The summed E-state index contributed by atoms with van der Waals surface area (Å²) in [6.07, 6.45) is 6.87. The van der Waals surface area contributed by atoms with Crippen LogP contribution in [0.2, 0.25) is 5.02 Å². The van der Waals surface area contributed by atoms with E-state index in [1.54, 1.807) is 0 Å². The topological polar surface area (TPSA) is 67.6 Å². The predicted molar refractivity (Wildman–Crippen MR) is 121 cm³/mol. The molecule has 8 heteroatoms. The maximum atomic E-state index is 12.6. The summed E-state index contributed by atoms with van der Waals surface area (Å²) in [5.74, 6) is 0.377. The summed E-state index contributed by atoms with van der Waals surface area (Å²) < 4.78 is 6.09. The number of fused-ring (bicyclic) bond motifs is 1. The highest BCUT2D eigenvalue weighted by atomic mass is 35.5. The molecule has 3 fully saturated rings. The minimum atomic E-state index is -0.360. The van der Waals surface area contributed by atoms with Gasteiger partial charge in [0.15, 0.2) is 0 Å². The molecule has 1 aliphatic carbocycles. The van der Waals surface area contributed by atoms with Gasteiger partial charge in [0.25, 0.3) is 0 Å². The molecule has 29 heavy (non-hydrogen) atoms. The van der Waals surface area contributed by atoms with Crippen molar-refractivity contribution >= 4 is 42.3 Å². The second kappa shape index (κ2) is 11.2. The summed E-state index contributed by atoms with van der Waals surface area (Å²) in [5.41, 5.74) is 7.42. The van der Waals surface area contributed by atoms with E-state index in [1.165, 1.54) is 19.3 Å². The zero-order chi connectivity index (χ0) is 18.8. The van der Waals surface area contributed by atoms with Gasteiger partial charge < -0.3 is 15.8 Å². The Morgan fingerprint density at radius 2 is 1.83 bits per heavy atom. The van der Waals surface area contributed by atoms with Crippen LogP contribution in [0.4, 0.5) is 0 Å². The van der Waals surface area contributed by atoms with Crippen molar-refractivity contribution in [2.75, 3.05) is 19.7 Å². The van der Waals surface area contributed by atoms with Crippen LogP contribution in [-0.2, 0) is 9.53 Å². The highest BCUT2D eigenvalue weighted by Gasteiger charge is 2.39. The normalized spacial score (nSPS) is 28.6. The van der Waals surface area contributed by atoms with Crippen LogP contribution in [0, 0.1) is 5.92 Å². The van der Waals surface area contributed by atoms with Crippen LogP contribution in [0.3, 0.4) is 0 Å². The monoisotopic (exact) mass is 463 g/mol. The number of morpholine rings is 1. The van der Waals surface area contributed by atoms with Crippen LogP contribution in [0.15, 0.2) is 24.3 Å². The van der Waals surface area contributed by atoms with Gasteiger partial charge in [0.2, 0.25) is 5.91 Å². The Morgan fingerprint density at radius 3 is 2.52 bits per heavy atom. The third kappa shape index (κ3) is 5.99. The van der Waals surface area contributed by atoms with Gasteiger partial charge in [-0.3, -0.25) is 9.69 Å². The van der Waals surface area contributed by atoms with E-state index in [0.29, 0.717) is 18.6 Å². The Balaban J connectivity index is 0.00000150. The van der Waals surface area contributed by atoms with Crippen LogP contribution >= 0.6 is 36.4 Å². The Kier molecular flexibility index (Phi) is 9.52. The number of halogens is 3. The molecule has 0 aromatic heterocycles. The van der Waals surface area contributed by atoms with Crippen molar-refractivity contribution in [3.8, 4) is 0 Å².